The molecule has 2 aliphatic carbocycles. The zero-order valence-corrected chi connectivity index (χ0v) is 19.3. The van der Waals surface area contributed by atoms with Crippen LogP contribution in [0.3, 0.4) is 0 Å². The summed E-state index contributed by atoms with van der Waals surface area (Å²) in [7, 11) is 0. The molecule has 1 heterocycles. The number of aromatic nitrogens is 1. The van der Waals surface area contributed by atoms with Crippen LogP contribution in [0.5, 0.6) is 0 Å². The summed E-state index contributed by atoms with van der Waals surface area (Å²) in [6.45, 7) is 7.06. The topological polar surface area (TPSA) is 107 Å². The Labute approximate surface area is 186 Å². The van der Waals surface area contributed by atoms with Gasteiger partial charge in [0.15, 0.2) is 0 Å². The van der Waals surface area contributed by atoms with Crippen molar-refractivity contribution >= 4 is 34.0 Å². The molecule has 0 aliphatic heterocycles. The van der Waals surface area contributed by atoms with Crippen molar-refractivity contribution in [3.63, 3.8) is 0 Å². The first-order valence-electron chi connectivity index (χ1n) is 10.3. The second-order valence-electron chi connectivity index (χ2n) is 9.18. The van der Waals surface area contributed by atoms with Gasteiger partial charge < -0.3 is 21.4 Å². The molecule has 3 rings (SSSR count). The molecule has 0 unspecified atom stereocenters. The normalized spacial score (nSPS) is 27.2. The van der Waals surface area contributed by atoms with E-state index in [1.807, 2.05) is 12.1 Å². The van der Waals surface area contributed by atoms with Crippen LogP contribution in [0, 0.1) is 22.2 Å². The number of allylic oxidation sites excluding steroid dienone is 1. The fourth-order valence-corrected chi connectivity index (χ4v) is 5.48. The van der Waals surface area contributed by atoms with Crippen molar-refractivity contribution in [2.24, 2.45) is 16.7 Å². The van der Waals surface area contributed by atoms with Gasteiger partial charge in [-0.2, -0.15) is 0 Å². The number of nitrogens with one attached hydrogen (secondary N) is 4. The number of pyridine rings is 1. The minimum absolute atomic E-state index is 0.0951. The van der Waals surface area contributed by atoms with E-state index in [2.05, 4.69) is 57.6 Å². The molecular formula is C22H30BrN5O2. The Balaban J connectivity index is 1.57. The third-order valence-electron chi connectivity index (χ3n) is 6.80. The first-order valence-corrected chi connectivity index (χ1v) is 11.1. The Kier molecular flexibility index (Phi) is 6.65. The summed E-state index contributed by atoms with van der Waals surface area (Å²) in [5.41, 5.74) is 1.64. The van der Waals surface area contributed by atoms with Crippen LogP contribution >= 0.6 is 15.9 Å². The molecule has 7 nitrogen and oxygen atoms in total. The molecule has 1 aromatic rings. The third-order valence-corrected chi connectivity index (χ3v) is 7.59. The predicted octanol–water partition coefficient (Wildman–Crippen LogP) is 2.87. The molecule has 0 saturated heterocycles. The maximum Gasteiger partial charge on any atom is 0.260 e. The van der Waals surface area contributed by atoms with Crippen LogP contribution in [-0.2, 0) is 16.1 Å². The second kappa shape index (κ2) is 8.88. The zero-order chi connectivity index (χ0) is 21.9. The van der Waals surface area contributed by atoms with Gasteiger partial charge in [-0.15, -0.1) is 0 Å². The Hall–Kier alpha value is -2.22. The highest BCUT2D eigenvalue weighted by atomic mass is 79.9. The predicted molar refractivity (Wildman–Crippen MR) is 120 cm³/mol. The molecular weight excluding hydrogens is 446 g/mol. The number of hydrogen-bond acceptors (Lipinski definition) is 5. The molecule has 0 radical (unpaired) electrons. The lowest BCUT2D eigenvalue weighted by Crippen LogP contribution is -2.50. The molecule has 2 amide bonds. The van der Waals surface area contributed by atoms with E-state index < -0.39 is 5.91 Å². The standard InChI is InChI=1S/C22H30BrN5O2/c1-21(2)15-4-7-22(3,10-15)20(21)28-16(11-24)18(23)19(30)27-13-17(29)26-12-14-5-8-25-9-6-14/h5-6,8-9,11,15,20,24,28H,4,7,10,12-13H2,1-3H3,(H,26,29)(H,27,30)/b18-16-,24-11?/t15-,20-,22-/m0/s1. The van der Waals surface area contributed by atoms with E-state index in [-0.39, 0.29) is 33.8 Å². The summed E-state index contributed by atoms with van der Waals surface area (Å²) in [6, 6.07) is 3.82. The van der Waals surface area contributed by atoms with Crippen molar-refractivity contribution in [3.05, 3.63) is 40.3 Å². The van der Waals surface area contributed by atoms with Crippen LogP contribution < -0.4 is 16.0 Å². The minimum Gasteiger partial charge on any atom is -0.379 e. The number of fused-ring (bicyclic) bond motifs is 2. The monoisotopic (exact) mass is 475 g/mol. The van der Waals surface area contributed by atoms with E-state index in [4.69, 9.17) is 5.41 Å². The first kappa shape index (κ1) is 22.5. The maximum absolute atomic E-state index is 12.5. The summed E-state index contributed by atoms with van der Waals surface area (Å²) in [5.74, 6) is -0.0542. The van der Waals surface area contributed by atoms with Crippen LogP contribution in [0.15, 0.2) is 34.7 Å². The van der Waals surface area contributed by atoms with Crippen LogP contribution in [0.4, 0.5) is 0 Å². The molecule has 8 heteroatoms. The number of hydrogen-bond donors (Lipinski definition) is 4. The molecule has 162 valence electrons. The average molecular weight is 476 g/mol. The van der Waals surface area contributed by atoms with E-state index in [1.165, 1.54) is 19.1 Å². The van der Waals surface area contributed by atoms with E-state index in [9.17, 15) is 9.59 Å². The van der Waals surface area contributed by atoms with Gasteiger partial charge in [-0.1, -0.05) is 20.8 Å². The van der Waals surface area contributed by atoms with Crippen LogP contribution in [0.1, 0.15) is 45.6 Å². The highest BCUT2D eigenvalue weighted by molar-refractivity contribution is 9.12. The van der Waals surface area contributed by atoms with Gasteiger partial charge >= 0.3 is 0 Å². The summed E-state index contributed by atoms with van der Waals surface area (Å²) in [5, 5.41) is 16.6. The molecule has 0 spiro atoms. The molecule has 1 aromatic heterocycles. The number of amides is 2. The highest BCUT2D eigenvalue weighted by Gasteiger charge is 2.59. The summed E-state index contributed by atoms with van der Waals surface area (Å²) in [4.78, 5) is 28.5. The van der Waals surface area contributed by atoms with E-state index in [1.54, 1.807) is 12.4 Å². The summed E-state index contributed by atoms with van der Waals surface area (Å²) < 4.78 is 0.238. The second-order valence-corrected chi connectivity index (χ2v) is 9.97. The summed E-state index contributed by atoms with van der Waals surface area (Å²) >= 11 is 3.33. The van der Waals surface area contributed by atoms with E-state index in [0.29, 0.717) is 18.2 Å². The number of carbonyl (C=O) groups is 2. The molecule has 2 fully saturated rings. The Morgan fingerprint density at radius 3 is 2.57 bits per heavy atom. The summed E-state index contributed by atoms with van der Waals surface area (Å²) in [6.07, 6.45) is 8.06. The number of halogens is 1. The highest BCUT2D eigenvalue weighted by Crippen LogP contribution is 2.62. The van der Waals surface area contributed by atoms with Crippen LogP contribution in [-0.4, -0.2) is 35.6 Å². The van der Waals surface area contributed by atoms with Crippen molar-refractivity contribution < 1.29 is 9.59 Å². The molecule has 2 aliphatic rings. The number of rotatable bonds is 8. The average Bonchev–Trinajstić information content (AvgIpc) is 3.21. The zero-order valence-electron chi connectivity index (χ0n) is 17.7. The lowest BCUT2D eigenvalue weighted by Gasteiger charge is -2.43. The van der Waals surface area contributed by atoms with Gasteiger partial charge in [-0.25, -0.2) is 0 Å². The van der Waals surface area contributed by atoms with Crippen LogP contribution in [0.2, 0.25) is 0 Å². The minimum atomic E-state index is -0.425. The quantitative estimate of drug-likeness (QED) is 0.342. The van der Waals surface area contributed by atoms with Crippen molar-refractivity contribution in [2.75, 3.05) is 6.54 Å². The largest absolute Gasteiger partial charge is 0.379 e. The maximum atomic E-state index is 12.5. The van der Waals surface area contributed by atoms with Gasteiger partial charge in [0.05, 0.1) is 12.2 Å². The lowest BCUT2D eigenvalue weighted by atomic mass is 9.68. The Morgan fingerprint density at radius 1 is 1.27 bits per heavy atom. The molecule has 2 saturated carbocycles. The SMILES string of the molecule is CC1(C)[C@H]2CC[C@@](C)(C2)[C@H]1N/C(C=N)=C(\Br)C(=O)NCC(=O)NCc1ccncc1. The van der Waals surface area contributed by atoms with E-state index in [0.717, 1.165) is 12.0 Å². The van der Waals surface area contributed by atoms with Crippen molar-refractivity contribution in [1.82, 2.24) is 20.9 Å². The van der Waals surface area contributed by atoms with Gasteiger partial charge in [-0.3, -0.25) is 14.6 Å². The molecule has 0 aromatic carbocycles. The van der Waals surface area contributed by atoms with Crippen LogP contribution in [0.25, 0.3) is 0 Å². The Morgan fingerprint density at radius 2 is 1.97 bits per heavy atom. The van der Waals surface area contributed by atoms with Crippen molar-refractivity contribution in [3.8, 4) is 0 Å². The van der Waals surface area contributed by atoms with Gasteiger partial charge in [-0.05, 0) is 69.6 Å². The van der Waals surface area contributed by atoms with E-state index >= 15 is 0 Å². The fraction of sp³-hybridized carbons (Fsp3) is 0.545. The first-order chi connectivity index (χ1) is 14.2. The van der Waals surface area contributed by atoms with Gasteiger partial charge in [0.25, 0.3) is 5.91 Å². The van der Waals surface area contributed by atoms with Gasteiger partial charge in [0.1, 0.15) is 4.48 Å². The molecule has 30 heavy (non-hydrogen) atoms. The molecule has 4 N–H and O–H groups in total. The number of nitrogens with zero attached hydrogens (tertiary/aromatic N) is 1. The van der Waals surface area contributed by atoms with Crippen molar-refractivity contribution in [1.29, 1.82) is 5.41 Å². The van der Waals surface area contributed by atoms with Gasteiger partial charge in [0.2, 0.25) is 5.91 Å². The Bertz CT molecular complexity index is 850. The fourth-order valence-electron chi connectivity index (χ4n) is 5.11. The lowest BCUT2D eigenvalue weighted by molar-refractivity contribution is -0.124. The smallest absolute Gasteiger partial charge is 0.260 e. The molecule has 2 bridgehead atoms. The number of carbonyl (C=O) groups excluding carboxylic acids is 2. The van der Waals surface area contributed by atoms with Crippen molar-refractivity contribution in [2.45, 2.75) is 52.6 Å². The third kappa shape index (κ3) is 4.58. The van der Waals surface area contributed by atoms with Gasteiger partial charge in [0, 0.05) is 31.2 Å². The molecule has 3 atom stereocenters.